The van der Waals surface area contributed by atoms with Gasteiger partial charge in [0.1, 0.15) is 10.6 Å². The Bertz CT molecular complexity index is 414. The predicted molar refractivity (Wildman–Crippen MR) is 59.1 cm³/mol. The lowest BCUT2D eigenvalue weighted by Gasteiger charge is -2.08. The van der Waals surface area contributed by atoms with Gasteiger partial charge in [0.2, 0.25) is 0 Å². The predicted octanol–water partition coefficient (Wildman–Crippen LogP) is 2.11. The molecule has 0 saturated carbocycles. The van der Waals surface area contributed by atoms with Crippen LogP contribution in [0.5, 0.6) is 0 Å². The third-order valence-corrected chi connectivity index (χ3v) is 2.49. The first-order valence-corrected chi connectivity index (χ1v) is 5.36. The maximum absolute atomic E-state index is 11.3. The van der Waals surface area contributed by atoms with Gasteiger partial charge < -0.3 is 9.84 Å². The fraction of sp³-hybridized carbons (Fsp3) is 0.444. The minimum absolute atomic E-state index is 0.00528. The summed E-state index contributed by atoms with van der Waals surface area (Å²) in [5.41, 5.74) is 0.378. The molecule has 0 fully saturated rings. The van der Waals surface area contributed by atoms with E-state index in [0.717, 1.165) is 11.5 Å². The molecule has 88 valence electrons. The Kier molecular flexibility index (Phi) is 3.83. The van der Waals surface area contributed by atoms with Gasteiger partial charge in [0.15, 0.2) is 0 Å². The molecule has 7 heteroatoms. The molecule has 1 aromatic rings. The van der Waals surface area contributed by atoms with Crippen LogP contribution in [0.15, 0.2) is 0 Å². The van der Waals surface area contributed by atoms with E-state index >= 15 is 0 Å². The van der Waals surface area contributed by atoms with Crippen LogP contribution in [0.2, 0.25) is 0 Å². The van der Waals surface area contributed by atoms with Crippen LogP contribution in [-0.4, -0.2) is 27.6 Å². The number of hydrogen-bond donors (Lipinski definition) is 2. The number of aromatic carboxylic acids is 1. The maximum atomic E-state index is 11.3. The number of carbonyl (C=O) groups excluding carboxylic acids is 1. The Hall–Kier alpha value is -1.63. The number of nitrogens with one attached hydrogen (secondary N) is 1. The van der Waals surface area contributed by atoms with Crippen LogP contribution in [0.25, 0.3) is 0 Å². The second-order valence-electron chi connectivity index (χ2n) is 3.36. The quantitative estimate of drug-likeness (QED) is 0.850. The summed E-state index contributed by atoms with van der Waals surface area (Å²) in [5.74, 6) is -1.12. The van der Waals surface area contributed by atoms with Gasteiger partial charge in [-0.2, -0.15) is 4.37 Å². The van der Waals surface area contributed by atoms with E-state index < -0.39 is 12.1 Å². The van der Waals surface area contributed by atoms with Crippen molar-refractivity contribution in [3.63, 3.8) is 0 Å². The van der Waals surface area contributed by atoms with Gasteiger partial charge >= 0.3 is 12.1 Å². The molecule has 0 aliphatic carbocycles. The van der Waals surface area contributed by atoms with Gasteiger partial charge in [-0.1, -0.05) is 0 Å². The monoisotopic (exact) mass is 244 g/mol. The molecular formula is C9H12N2O4S. The molecule has 1 aromatic heterocycles. The molecule has 0 saturated heterocycles. The summed E-state index contributed by atoms with van der Waals surface area (Å²) in [6.07, 6.45) is -0.941. The largest absolute Gasteiger partial charge is 0.478 e. The SMILES string of the molecule is Cc1nsc(NC(=O)OC(C)C)c1C(=O)O. The average Bonchev–Trinajstić information content (AvgIpc) is 2.45. The first-order chi connectivity index (χ1) is 7.41. The number of carboxylic acids is 1. The molecule has 0 spiro atoms. The zero-order chi connectivity index (χ0) is 12.3. The molecule has 0 unspecified atom stereocenters. The number of amides is 1. The molecule has 1 heterocycles. The van der Waals surface area contributed by atoms with Crippen molar-refractivity contribution in [1.29, 1.82) is 0 Å². The number of carboxylic acid groups (broad SMARTS) is 1. The topological polar surface area (TPSA) is 88.5 Å². The third-order valence-electron chi connectivity index (χ3n) is 1.63. The van der Waals surface area contributed by atoms with Gasteiger partial charge in [-0.3, -0.25) is 5.32 Å². The molecule has 2 N–H and O–H groups in total. The number of aromatic nitrogens is 1. The van der Waals surface area contributed by atoms with E-state index in [2.05, 4.69) is 9.69 Å². The second-order valence-corrected chi connectivity index (χ2v) is 4.13. The smallest absolute Gasteiger partial charge is 0.412 e. The average molecular weight is 244 g/mol. The highest BCUT2D eigenvalue weighted by atomic mass is 32.1. The van der Waals surface area contributed by atoms with Crippen molar-refractivity contribution in [2.24, 2.45) is 0 Å². The van der Waals surface area contributed by atoms with Crippen molar-refractivity contribution in [1.82, 2.24) is 4.37 Å². The lowest BCUT2D eigenvalue weighted by atomic mass is 10.2. The summed E-state index contributed by atoms with van der Waals surface area (Å²) < 4.78 is 8.69. The normalized spacial score (nSPS) is 10.2. The van der Waals surface area contributed by atoms with Crippen LogP contribution in [0.3, 0.4) is 0 Å². The van der Waals surface area contributed by atoms with Crippen molar-refractivity contribution in [2.45, 2.75) is 26.9 Å². The Labute approximate surface area is 96.4 Å². The van der Waals surface area contributed by atoms with Gasteiger partial charge in [-0.25, -0.2) is 9.59 Å². The number of carbonyl (C=O) groups is 2. The van der Waals surface area contributed by atoms with Crippen molar-refractivity contribution in [2.75, 3.05) is 5.32 Å². The van der Waals surface area contributed by atoms with Crippen LogP contribution in [-0.2, 0) is 4.74 Å². The highest BCUT2D eigenvalue weighted by Crippen LogP contribution is 2.24. The van der Waals surface area contributed by atoms with E-state index in [1.54, 1.807) is 20.8 Å². The zero-order valence-electron chi connectivity index (χ0n) is 9.10. The number of rotatable bonds is 3. The van der Waals surface area contributed by atoms with Crippen molar-refractivity contribution < 1.29 is 19.4 Å². The Balaban J connectivity index is 2.82. The summed E-state index contributed by atoms with van der Waals surface area (Å²) in [6, 6.07) is 0. The highest BCUT2D eigenvalue weighted by Gasteiger charge is 2.19. The third kappa shape index (κ3) is 2.93. The van der Waals surface area contributed by atoms with E-state index in [1.165, 1.54) is 0 Å². The van der Waals surface area contributed by atoms with Gasteiger partial charge in [0.25, 0.3) is 0 Å². The molecule has 1 rings (SSSR count). The Morgan fingerprint density at radius 1 is 1.50 bits per heavy atom. The van der Waals surface area contributed by atoms with Crippen molar-refractivity contribution >= 4 is 28.6 Å². The maximum Gasteiger partial charge on any atom is 0.412 e. The standard InChI is InChI=1S/C9H12N2O4S/c1-4(2)15-9(14)10-7-6(8(12)13)5(3)11-16-7/h4H,1-3H3,(H,10,14)(H,12,13). The molecule has 0 aromatic carbocycles. The summed E-state index contributed by atoms with van der Waals surface area (Å²) in [6.45, 7) is 4.98. The number of hydrogen-bond acceptors (Lipinski definition) is 5. The molecule has 0 radical (unpaired) electrons. The van der Waals surface area contributed by atoms with Gasteiger partial charge in [0, 0.05) is 0 Å². The fourth-order valence-corrected chi connectivity index (χ4v) is 1.82. The Morgan fingerprint density at radius 3 is 2.62 bits per heavy atom. The molecule has 6 nitrogen and oxygen atoms in total. The number of anilines is 1. The number of nitrogens with zero attached hydrogens (tertiary/aromatic N) is 1. The molecule has 1 amide bonds. The lowest BCUT2D eigenvalue weighted by Crippen LogP contribution is -2.18. The van der Waals surface area contributed by atoms with E-state index in [4.69, 9.17) is 9.84 Å². The van der Waals surface area contributed by atoms with Crippen LogP contribution in [0.1, 0.15) is 29.9 Å². The first-order valence-electron chi connectivity index (χ1n) is 4.59. The molecule has 16 heavy (non-hydrogen) atoms. The highest BCUT2D eigenvalue weighted by molar-refractivity contribution is 7.10. The Morgan fingerprint density at radius 2 is 2.12 bits per heavy atom. The lowest BCUT2D eigenvalue weighted by molar-refractivity contribution is 0.0697. The van der Waals surface area contributed by atoms with Crippen LogP contribution in [0, 0.1) is 6.92 Å². The van der Waals surface area contributed by atoms with E-state index in [-0.39, 0.29) is 16.7 Å². The van der Waals surface area contributed by atoms with Crippen LogP contribution >= 0.6 is 11.5 Å². The van der Waals surface area contributed by atoms with Gasteiger partial charge in [-0.15, -0.1) is 0 Å². The number of aryl methyl sites for hydroxylation is 1. The molecule has 0 atom stereocenters. The fourth-order valence-electron chi connectivity index (χ4n) is 1.04. The summed E-state index contributed by atoms with van der Waals surface area (Å²) in [5, 5.41) is 11.5. The molecular weight excluding hydrogens is 232 g/mol. The summed E-state index contributed by atoms with van der Waals surface area (Å²) in [4.78, 5) is 22.1. The zero-order valence-corrected chi connectivity index (χ0v) is 9.92. The summed E-state index contributed by atoms with van der Waals surface area (Å²) in [7, 11) is 0. The minimum Gasteiger partial charge on any atom is -0.478 e. The van der Waals surface area contributed by atoms with E-state index in [0.29, 0.717) is 5.69 Å². The summed E-state index contributed by atoms with van der Waals surface area (Å²) >= 11 is 0.917. The van der Waals surface area contributed by atoms with Gasteiger partial charge in [0.05, 0.1) is 11.8 Å². The van der Waals surface area contributed by atoms with Crippen molar-refractivity contribution in [3.8, 4) is 0 Å². The van der Waals surface area contributed by atoms with Crippen LogP contribution in [0.4, 0.5) is 9.80 Å². The molecule has 0 bridgehead atoms. The van der Waals surface area contributed by atoms with Crippen LogP contribution < -0.4 is 5.32 Å². The second kappa shape index (κ2) is 4.93. The molecule has 0 aliphatic rings. The minimum atomic E-state index is -1.12. The van der Waals surface area contributed by atoms with Gasteiger partial charge in [-0.05, 0) is 32.3 Å². The van der Waals surface area contributed by atoms with Crippen molar-refractivity contribution in [3.05, 3.63) is 11.3 Å². The number of ether oxygens (including phenoxy) is 1. The van der Waals surface area contributed by atoms with E-state index in [1.807, 2.05) is 0 Å². The first kappa shape index (κ1) is 12.4. The van der Waals surface area contributed by atoms with E-state index in [9.17, 15) is 9.59 Å². The molecule has 0 aliphatic heterocycles.